The van der Waals surface area contributed by atoms with Gasteiger partial charge >= 0.3 is 5.91 Å². The standard InChI is InChI=1S/C26H35Cl2N3O4S2/c1-26(2,3)31-37(34)20-10-9-18(21(27)22(20)28)23-19(15-16-7-5-4-6-8-16)30-25(35-23)24(32)29-17-11-13-36(33)14-12-17/h9-10,16-17,31H,4-8,11-15H2,1-3H3,(H,29,32). The van der Waals surface area contributed by atoms with Gasteiger partial charge in [0.05, 0.1) is 20.6 Å². The summed E-state index contributed by atoms with van der Waals surface area (Å²) in [7, 11) is -2.37. The lowest BCUT2D eigenvalue weighted by Gasteiger charge is -2.21. The molecule has 1 aromatic heterocycles. The highest BCUT2D eigenvalue weighted by Gasteiger charge is 2.28. The van der Waals surface area contributed by atoms with Crippen molar-refractivity contribution < 1.29 is 17.6 Å². The number of carbonyl (C=O) groups excluding carboxylic acids is 1. The Morgan fingerprint density at radius 3 is 2.43 bits per heavy atom. The van der Waals surface area contributed by atoms with Crippen LogP contribution in [0.3, 0.4) is 0 Å². The van der Waals surface area contributed by atoms with E-state index in [1.807, 2.05) is 20.8 Å². The molecule has 37 heavy (non-hydrogen) atoms. The largest absolute Gasteiger partial charge is 0.432 e. The number of nitrogens with one attached hydrogen (secondary N) is 2. The molecule has 2 aromatic rings. The van der Waals surface area contributed by atoms with Crippen LogP contribution in [-0.2, 0) is 28.2 Å². The third kappa shape index (κ3) is 7.44. The summed E-state index contributed by atoms with van der Waals surface area (Å²) in [6.07, 6.45) is 7.85. The number of nitrogens with zero attached hydrogens (tertiary/aromatic N) is 1. The summed E-state index contributed by atoms with van der Waals surface area (Å²) in [4.78, 5) is 18.1. The molecule has 0 radical (unpaired) electrons. The monoisotopic (exact) mass is 587 g/mol. The van der Waals surface area contributed by atoms with Crippen LogP contribution in [0.2, 0.25) is 10.0 Å². The van der Waals surface area contributed by atoms with Gasteiger partial charge in [-0.05, 0) is 58.1 Å². The van der Waals surface area contributed by atoms with Gasteiger partial charge in [0, 0.05) is 39.4 Å². The summed E-state index contributed by atoms with van der Waals surface area (Å²) >= 11 is 13.3. The van der Waals surface area contributed by atoms with E-state index in [9.17, 15) is 13.2 Å². The number of benzene rings is 1. The van der Waals surface area contributed by atoms with Gasteiger partial charge in [-0.1, -0.05) is 55.3 Å². The van der Waals surface area contributed by atoms with Crippen LogP contribution in [-0.4, -0.2) is 42.4 Å². The Hall–Kier alpha value is -1.26. The third-order valence-electron chi connectivity index (χ3n) is 6.71. The normalized spacial score (nSPS) is 22.1. The summed E-state index contributed by atoms with van der Waals surface area (Å²) in [6, 6.07) is 3.35. The summed E-state index contributed by atoms with van der Waals surface area (Å²) in [5.74, 6) is 1.65. The first kappa shape index (κ1) is 28.7. The molecular weight excluding hydrogens is 553 g/mol. The maximum absolute atomic E-state index is 13.1. The van der Waals surface area contributed by atoms with Crippen LogP contribution in [0.15, 0.2) is 21.4 Å². The van der Waals surface area contributed by atoms with Gasteiger partial charge in [-0.25, -0.2) is 13.9 Å². The molecule has 2 heterocycles. The summed E-state index contributed by atoms with van der Waals surface area (Å²) in [5, 5.41) is 3.38. The van der Waals surface area contributed by atoms with Gasteiger partial charge in [-0.2, -0.15) is 0 Å². The van der Waals surface area contributed by atoms with Crippen molar-refractivity contribution in [3.05, 3.63) is 33.8 Å². The highest BCUT2D eigenvalue weighted by molar-refractivity contribution is 7.85. The number of halogens is 2. The quantitative estimate of drug-likeness (QED) is 0.425. The summed E-state index contributed by atoms with van der Waals surface area (Å²) < 4.78 is 33.6. The van der Waals surface area contributed by atoms with Gasteiger partial charge < -0.3 is 9.73 Å². The Bertz CT molecular complexity index is 1180. The number of rotatable bonds is 7. The predicted molar refractivity (Wildman–Crippen MR) is 150 cm³/mol. The smallest absolute Gasteiger partial charge is 0.307 e. The number of oxazole rings is 1. The second-order valence-electron chi connectivity index (χ2n) is 11.0. The Labute approximate surface area is 233 Å². The van der Waals surface area contributed by atoms with Crippen LogP contribution >= 0.6 is 23.2 Å². The summed E-state index contributed by atoms with van der Waals surface area (Å²) in [5.41, 5.74) is 0.822. The molecule has 2 N–H and O–H groups in total. The molecule has 1 aliphatic carbocycles. The van der Waals surface area contributed by atoms with E-state index in [0.29, 0.717) is 58.6 Å². The number of hydrogen-bond acceptors (Lipinski definition) is 5. The zero-order valence-electron chi connectivity index (χ0n) is 21.5. The lowest BCUT2D eigenvalue weighted by molar-refractivity contribution is 0.0900. The number of hydrogen-bond donors (Lipinski definition) is 2. The van der Waals surface area contributed by atoms with Crippen molar-refractivity contribution in [1.29, 1.82) is 0 Å². The first-order valence-corrected chi connectivity index (χ1v) is 16.2. The van der Waals surface area contributed by atoms with E-state index in [1.165, 1.54) is 19.3 Å². The molecule has 1 aliphatic heterocycles. The van der Waals surface area contributed by atoms with Gasteiger partial charge in [0.1, 0.15) is 11.0 Å². The van der Waals surface area contributed by atoms with Crippen molar-refractivity contribution in [2.24, 2.45) is 5.92 Å². The molecule has 1 atom stereocenters. The molecule has 1 aromatic carbocycles. The maximum Gasteiger partial charge on any atom is 0.307 e. The molecular formula is C26H35Cl2N3O4S2. The minimum Gasteiger partial charge on any atom is -0.432 e. The maximum atomic E-state index is 13.1. The van der Waals surface area contributed by atoms with Crippen molar-refractivity contribution in [3.63, 3.8) is 0 Å². The van der Waals surface area contributed by atoms with E-state index in [4.69, 9.17) is 27.6 Å². The van der Waals surface area contributed by atoms with Crippen LogP contribution in [0.4, 0.5) is 0 Å². The van der Waals surface area contributed by atoms with Gasteiger partial charge in [-0.3, -0.25) is 9.00 Å². The third-order valence-corrected chi connectivity index (χ3v) is 10.6. The van der Waals surface area contributed by atoms with Crippen molar-refractivity contribution in [2.75, 3.05) is 11.5 Å². The molecule has 0 bridgehead atoms. The van der Waals surface area contributed by atoms with E-state index < -0.39 is 21.8 Å². The fraction of sp³-hybridized carbons (Fsp3) is 0.615. The second-order valence-corrected chi connectivity index (χ2v) is 14.6. The molecule has 0 spiro atoms. The Morgan fingerprint density at radius 1 is 1.11 bits per heavy atom. The van der Waals surface area contributed by atoms with E-state index in [-0.39, 0.29) is 33.4 Å². The minimum absolute atomic E-state index is 0.0123. The minimum atomic E-state index is -1.56. The second kappa shape index (κ2) is 12.3. The lowest BCUT2D eigenvalue weighted by Crippen LogP contribution is -2.39. The van der Waals surface area contributed by atoms with Crippen LogP contribution < -0.4 is 10.0 Å². The highest BCUT2D eigenvalue weighted by atomic mass is 35.5. The lowest BCUT2D eigenvalue weighted by atomic mass is 9.85. The topological polar surface area (TPSA) is 101 Å². The Balaban J connectivity index is 1.64. The van der Waals surface area contributed by atoms with E-state index in [2.05, 4.69) is 15.0 Å². The first-order valence-electron chi connectivity index (χ1n) is 12.9. The van der Waals surface area contributed by atoms with Crippen molar-refractivity contribution in [2.45, 2.75) is 88.6 Å². The van der Waals surface area contributed by atoms with Crippen LogP contribution in [0.5, 0.6) is 0 Å². The Kier molecular flexibility index (Phi) is 9.54. The SMILES string of the molecule is CC(C)(C)NS(=O)c1ccc(-c2oc(C(=O)NC3CCS(=O)CC3)nc2CC2CCCCC2)c(Cl)c1Cl. The zero-order chi connectivity index (χ0) is 26.7. The zero-order valence-corrected chi connectivity index (χ0v) is 24.7. The average Bonchev–Trinajstić information content (AvgIpc) is 3.25. The van der Waals surface area contributed by atoms with Crippen LogP contribution in [0.25, 0.3) is 11.3 Å². The van der Waals surface area contributed by atoms with Crippen molar-refractivity contribution >= 4 is 50.9 Å². The fourth-order valence-corrected chi connectivity index (χ4v) is 7.93. The van der Waals surface area contributed by atoms with Gasteiger partial charge in [0.25, 0.3) is 5.89 Å². The van der Waals surface area contributed by atoms with Gasteiger partial charge in [0.15, 0.2) is 5.76 Å². The van der Waals surface area contributed by atoms with E-state index >= 15 is 0 Å². The highest BCUT2D eigenvalue weighted by Crippen LogP contribution is 2.40. The molecule has 1 unspecified atom stereocenters. The van der Waals surface area contributed by atoms with Crippen LogP contribution in [0.1, 0.15) is 82.1 Å². The molecule has 7 nitrogen and oxygen atoms in total. The molecule has 2 fully saturated rings. The first-order chi connectivity index (χ1) is 17.5. The van der Waals surface area contributed by atoms with Gasteiger partial charge in [0.2, 0.25) is 0 Å². The Morgan fingerprint density at radius 2 is 1.78 bits per heavy atom. The molecule has 1 amide bonds. The van der Waals surface area contributed by atoms with Crippen molar-refractivity contribution in [3.8, 4) is 11.3 Å². The predicted octanol–water partition coefficient (Wildman–Crippen LogP) is 5.82. The molecule has 1 saturated heterocycles. The number of amides is 1. The average molecular weight is 589 g/mol. The summed E-state index contributed by atoms with van der Waals surface area (Å²) in [6.45, 7) is 5.75. The van der Waals surface area contributed by atoms with Crippen LogP contribution in [0, 0.1) is 5.92 Å². The molecule has 2 aliphatic rings. The van der Waals surface area contributed by atoms with E-state index in [1.54, 1.807) is 12.1 Å². The molecule has 204 valence electrons. The number of aromatic nitrogens is 1. The van der Waals surface area contributed by atoms with Crippen molar-refractivity contribution in [1.82, 2.24) is 15.0 Å². The molecule has 11 heteroatoms. The fourth-order valence-electron chi connectivity index (χ4n) is 4.83. The van der Waals surface area contributed by atoms with Gasteiger partial charge in [-0.15, -0.1) is 0 Å². The number of carbonyl (C=O) groups is 1. The van der Waals surface area contributed by atoms with E-state index in [0.717, 1.165) is 12.8 Å². The molecule has 4 rings (SSSR count). The molecule has 1 saturated carbocycles.